The smallest absolute Gasteiger partial charge is 0.145 e. The number of hydrazine groups is 1. The molecule has 0 aliphatic carbocycles. The third kappa shape index (κ3) is 2.34. The molecule has 15 heavy (non-hydrogen) atoms. The topological polar surface area (TPSA) is 85.1 Å². The van der Waals surface area contributed by atoms with E-state index in [1.165, 1.54) is 6.33 Å². The number of nitrogens with two attached hydrogens (primary N) is 1. The van der Waals surface area contributed by atoms with Gasteiger partial charge in [0, 0.05) is 12.7 Å². The van der Waals surface area contributed by atoms with E-state index in [2.05, 4.69) is 20.7 Å². The summed E-state index contributed by atoms with van der Waals surface area (Å²) >= 11 is 0. The van der Waals surface area contributed by atoms with Gasteiger partial charge in [-0.2, -0.15) is 0 Å². The predicted octanol–water partition coefficient (Wildman–Crippen LogP) is 0.351. The van der Waals surface area contributed by atoms with Crippen LogP contribution in [0, 0.1) is 0 Å². The first-order chi connectivity index (χ1) is 7.29. The Labute approximate surface area is 88.2 Å². The van der Waals surface area contributed by atoms with Gasteiger partial charge in [0.1, 0.15) is 18.0 Å². The molecule has 1 aromatic heterocycles. The lowest BCUT2D eigenvalue weighted by molar-refractivity contribution is 0.121. The molecule has 0 bridgehead atoms. The average Bonchev–Trinajstić information content (AvgIpc) is 2.65. The molecule has 1 aliphatic heterocycles. The van der Waals surface area contributed by atoms with Gasteiger partial charge in [0.15, 0.2) is 0 Å². The van der Waals surface area contributed by atoms with Crippen molar-refractivity contribution in [2.75, 3.05) is 17.3 Å². The molecule has 4 N–H and O–H groups in total. The van der Waals surface area contributed by atoms with E-state index >= 15 is 0 Å². The zero-order chi connectivity index (χ0) is 10.7. The highest BCUT2D eigenvalue weighted by atomic mass is 16.5. The zero-order valence-electron chi connectivity index (χ0n) is 8.60. The minimum atomic E-state index is 0.217. The van der Waals surface area contributed by atoms with Crippen molar-refractivity contribution in [1.82, 2.24) is 9.97 Å². The molecule has 82 valence electrons. The van der Waals surface area contributed by atoms with Crippen LogP contribution in [0.3, 0.4) is 0 Å². The summed E-state index contributed by atoms with van der Waals surface area (Å²) in [5.41, 5.74) is 2.48. The van der Waals surface area contributed by atoms with Gasteiger partial charge in [-0.15, -0.1) is 0 Å². The highest BCUT2D eigenvalue weighted by Gasteiger charge is 2.24. The van der Waals surface area contributed by atoms with Gasteiger partial charge in [-0.05, 0) is 13.3 Å². The molecule has 2 atom stereocenters. The largest absolute Gasteiger partial charge is 0.376 e. The molecule has 1 fully saturated rings. The molecule has 0 spiro atoms. The highest BCUT2D eigenvalue weighted by Crippen LogP contribution is 2.18. The Morgan fingerprint density at radius 3 is 2.93 bits per heavy atom. The molecule has 2 heterocycles. The SMILES string of the molecule is CC1OCCC1Nc1cc(NN)ncn1. The van der Waals surface area contributed by atoms with Crippen LogP contribution in [0.1, 0.15) is 13.3 Å². The van der Waals surface area contributed by atoms with Gasteiger partial charge < -0.3 is 15.5 Å². The highest BCUT2D eigenvalue weighted by molar-refractivity contribution is 5.46. The maximum atomic E-state index is 5.45. The molecule has 0 radical (unpaired) electrons. The van der Waals surface area contributed by atoms with Gasteiger partial charge in [-0.3, -0.25) is 0 Å². The molecule has 2 rings (SSSR count). The van der Waals surface area contributed by atoms with Gasteiger partial charge in [0.25, 0.3) is 0 Å². The van der Waals surface area contributed by atoms with E-state index in [0.29, 0.717) is 11.9 Å². The van der Waals surface area contributed by atoms with E-state index in [1.54, 1.807) is 6.07 Å². The number of ether oxygens (including phenoxy) is 1. The van der Waals surface area contributed by atoms with Crippen LogP contribution >= 0.6 is 0 Å². The second kappa shape index (κ2) is 4.41. The Balaban J connectivity index is 2.03. The first-order valence-electron chi connectivity index (χ1n) is 4.96. The van der Waals surface area contributed by atoms with Gasteiger partial charge in [-0.1, -0.05) is 0 Å². The summed E-state index contributed by atoms with van der Waals surface area (Å²) in [6.45, 7) is 2.85. The van der Waals surface area contributed by atoms with Gasteiger partial charge in [-0.25, -0.2) is 15.8 Å². The summed E-state index contributed by atoms with van der Waals surface area (Å²) in [5.74, 6) is 6.62. The summed E-state index contributed by atoms with van der Waals surface area (Å²) in [7, 11) is 0. The van der Waals surface area contributed by atoms with Crippen molar-refractivity contribution in [3.63, 3.8) is 0 Å². The number of hydrogen-bond donors (Lipinski definition) is 3. The maximum absolute atomic E-state index is 5.45. The fourth-order valence-corrected chi connectivity index (χ4v) is 1.63. The lowest BCUT2D eigenvalue weighted by Crippen LogP contribution is -2.27. The van der Waals surface area contributed by atoms with Crippen LogP contribution < -0.4 is 16.6 Å². The number of hydrogen-bond acceptors (Lipinski definition) is 6. The molecule has 6 heteroatoms. The molecule has 6 nitrogen and oxygen atoms in total. The monoisotopic (exact) mass is 209 g/mol. The minimum Gasteiger partial charge on any atom is -0.376 e. The van der Waals surface area contributed by atoms with Crippen molar-refractivity contribution in [3.8, 4) is 0 Å². The van der Waals surface area contributed by atoms with E-state index in [4.69, 9.17) is 10.6 Å². The number of nitrogens with zero attached hydrogens (tertiary/aromatic N) is 2. The summed E-state index contributed by atoms with van der Waals surface area (Å²) in [4.78, 5) is 8.04. The number of rotatable bonds is 3. The Bertz CT molecular complexity index is 332. The third-order valence-corrected chi connectivity index (χ3v) is 2.52. The van der Waals surface area contributed by atoms with Crippen molar-refractivity contribution in [1.29, 1.82) is 0 Å². The van der Waals surface area contributed by atoms with Crippen LogP contribution in [0.15, 0.2) is 12.4 Å². The van der Waals surface area contributed by atoms with E-state index in [0.717, 1.165) is 18.8 Å². The number of nitrogens with one attached hydrogen (secondary N) is 2. The van der Waals surface area contributed by atoms with Crippen LogP contribution in [-0.2, 0) is 4.74 Å². The molecule has 0 saturated carbocycles. The maximum Gasteiger partial charge on any atom is 0.145 e. The predicted molar refractivity (Wildman–Crippen MR) is 57.3 cm³/mol. The second-order valence-electron chi connectivity index (χ2n) is 3.55. The standard InChI is InChI=1S/C9H15N5O/c1-6-7(2-3-15-6)13-8-4-9(14-10)12-5-11-8/h4-7H,2-3,10H2,1H3,(H2,11,12,13,14). The van der Waals surface area contributed by atoms with Gasteiger partial charge in [0.05, 0.1) is 12.1 Å². The number of nitrogen functional groups attached to an aromatic ring is 1. The van der Waals surface area contributed by atoms with Gasteiger partial charge >= 0.3 is 0 Å². The molecule has 1 aromatic rings. The van der Waals surface area contributed by atoms with Crippen molar-refractivity contribution in [2.45, 2.75) is 25.5 Å². The fraction of sp³-hybridized carbons (Fsp3) is 0.556. The van der Waals surface area contributed by atoms with Crippen LogP contribution in [-0.4, -0.2) is 28.7 Å². The third-order valence-electron chi connectivity index (χ3n) is 2.52. The fourth-order valence-electron chi connectivity index (χ4n) is 1.63. The lowest BCUT2D eigenvalue weighted by Gasteiger charge is -2.16. The van der Waals surface area contributed by atoms with E-state index in [1.807, 2.05) is 6.92 Å². The normalized spacial score (nSPS) is 25.2. The minimum absolute atomic E-state index is 0.217. The average molecular weight is 209 g/mol. The second-order valence-corrected chi connectivity index (χ2v) is 3.55. The zero-order valence-corrected chi connectivity index (χ0v) is 8.60. The summed E-state index contributed by atoms with van der Waals surface area (Å²) in [6.07, 6.45) is 2.68. The Hall–Kier alpha value is -1.40. The van der Waals surface area contributed by atoms with Crippen molar-refractivity contribution in [2.24, 2.45) is 5.84 Å². The Kier molecular flexibility index (Phi) is 2.98. The van der Waals surface area contributed by atoms with Crippen molar-refractivity contribution in [3.05, 3.63) is 12.4 Å². The van der Waals surface area contributed by atoms with Gasteiger partial charge in [0.2, 0.25) is 0 Å². The molecule has 1 aliphatic rings. The summed E-state index contributed by atoms with van der Waals surface area (Å²) < 4.78 is 5.45. The molecular weight excluding hydrogens is 194 g/mol. The van der Waals surface area contributed by atoms with Crippen LogP contribution in [0.25, 0.3) is 0 Å². The first-order valence-corrected chi connectivity index (χ1v) is 4.96. The lowest BCUT2D eigenvalue weighted by atomic mass is 10.1. The quantitative estimate of drug-likeness (QED) is 0.492. The number of aromatic nitrogens is 2. The molecular formula is C9H15N5O. The first kappa shape index (κ1) is 10.1. The van der Waals surface area contributed by atoms with E-state index < -0.39 is 0 Å². The Morgan fingerprint density at radius 2 is 2.27 bits per heavy atom. The Morgan fingerprint density at radius 1 is 1.47 bits per heavy atom. The van der Waals surface area contributed by atoms with Crippen LogP contribution in [0.4, 0.5) is 11.6 Å². The summed E-state index contributed by atoms with van der Waals surface area (Å²) in [6, 6.07) is 2.08. The molecule has 2 unspecified atom stereocenters. The summed E-state index contributed by atoms with van der Waals surface area (Å²) in [5, 5.41) is 3.29. The van der Waals surface area contributed by atoms with Crippen molar-refractivity contribution >= 4 is 11.6 Å². The van der Waals surface area contributed by atoms with E-state index in [-0.39, 0.29) is 6.10 Å². The van der Waals surface area contributed by atoms with Crippen LogP contribution in [0.2, 0.25) is 0 Å². The number of anilines is 2. The van der Waals surface area contributed by atoms with E-state index in [9.17, 15) is 0 Å². The van der Waals surface area contributed by atoms with Crippen molar-refractivity contribution < 1.29 is 4.74 Å². The molecule has 0 amide bonds. The molecule has 0 aromatic carbocycles. The molecule has 1 saturated heterocycles. The van der Waals surface area contributed by atoms with Crippen LogP contribution in [0.5, 0.6) is 0 Å².